The summed E-state index contributed by atoms with van der Waals surface area (Å²) in [6, 6.07) is 10.6. The van der Waals surface area contributed by atoms with Gasteiger partial charge in [-0.3, -0.25) is 4.79 Å². The summed E-state index contributed by atoms with van der Waals surface area (Å²) in [5.41, 5.74) is 0.907. The van der Waals surface area contributed by atoms with E-state index in [0.717, 1.165) is 10.9 Å². The van der Waals surface area contributed by atoms with E-state index in [4.69, 9.17) is 5.11 Å². The topological polar surface area (TPSA) is 42.2 Å². The van der Waals surface area contributed by atoms with Crippen LogP contribution < -0.4 is 51.4 Å². The number of hydrogen-bond donors (Lipinski definition) is 1. The van der Waals surface area contributed by atoms with Crippen molar-refractivity contribution in [3.63, 3.8) is 0 Å². The molecular formula is C10H8KNO2. The largest absolute Gasteiger partial charge is 1.00 e. The molecule has 0 aliphatic carbocycles. The Hall–Kier alpha value is -0.134. The number of carboxylic acid groups (broad SMARTS) is 1. The van der Waals surface area contributed by atoms with Gasteiger partial charge in [0, 0.05) is 0 Å². The Morgan fingerprint density at radius 1 is 1.43 bits per heavy atom. The fourth-order valence-corrected chi connectivity index (χ4v) is 1.34. The molecule has 2 aromatic rings. The number of rotatable bonds is 2. The van der Waals surface area contributed by atoms with E-state index in [1.54, 1.807) is 10.8 Å². The van der Waals surface area contributed by atoms with Crippen LogP contribution >= 0.6 is 0 Å². The Labute approximate surface area is 124 Å². The first-order chi connectivity index (χ1) is 6.27. The first-order valence-electron chi connectivity index (χ1n) is 3.95. The second-order valence-corrected chi connectivity index (χ2v) is 2.81. The number of fused-ring (bicyclic) bond motifs is 1. The molecule has 66 valence electrons. The van der Waals surface area contributed by atoms with Crippen LogP contribution in [0.15, 0.2) is 30.5 Å². The van der Waals surface area contributed by atoms with Crippen molar-refractivity contribution in [1.29, 1.82) is 0 Å². The van der Waals surface area contributed by atoms with Crippen molar-refractivity contribution >= 4 is 16.9 Å². The molecule has 0 spiro atoms. The van der Waals surface area contributed by atoms with Crippen LogP contribution in [0.1, 0.15) is 0 Å². The Morgan fingerprint density at radius 2 is 2.14 bits per heavy atom. The molecule has 0 fully saturated rings. The molecule has 0 aliphatic rings. The molecule has 0 atom stereocenters. The van der Waals surface area contributed by atoms with Crippen LogP contribution in [0, 0.1) is 6.07 Å². The Balaban J connectivity index is 0.000000980. The van der Waals surface area contributed by atoms with Crippen LogP contribution in [-0.2, 0) is 11.3 Å². The van der Waals surface area contributed by atoms with E-state index in [9.17, 15) is 4.79 Å². The number of aromatic nitrogens is 1. The van der Waals surface area contributed by atoms with E-state index in [-0.39, 0.29) is 57.9 Å². The fraction of sp³-hybridized carbons (Fsp3) is 0.100. The molecule has 1 aromatic carbocycles. The molecule has 0 saturated carbocycles. The van der Waals surface area contributed by atoms with Crippen molar-refractivity contribution in [2.45, 2.75) is 6.54 Å². The molecule has 1 aromatic heterocycles. The zero-order chi connectivity index (χ0) is 9.26. The summed E-state index contributed by atoms with van der Waals surface area (Å²) in [6.45, 7) is -0.00991. The van der Waals surface area contributed by atoms with Crippen molar-refractivity contribution in [1.82, 2.24) is 4.57 Å². The molecular weight excluding hydrogens is 205 g/mol. The molecule has 0 amide bonds. The van der Waals surface area contributed by atoms with Crippen molar-refractivity contribution in [2.24, 2.45) is 0 Å². The molecule has 2 rings (SSSR count). The Kier molecular flexibility index (Phi) is 4.34. The van der Waals surface area contributed by atoms with Crippen LogP contribution in [0.3, 0.4) is 0 Å². The van der Waals surface area contributed by atoms with Gasteiger partial charge < -0.3 is 9.67 Å². The smallest absolute Gasteiger partial charge is 0.480 e. The van der Waals surface area contributed by atoms with Crippen molar-refractivity contribution in [3.05, 3.63) is 36.5 Å². The molecule has 3 nitrogen and oxygen atoms in total. The SMILES string of the molecule is O=C(O)Cn1c[c-]c2ccccc21.[K+]. The quantitative estimate of drug-likeness (QED) is 0.489. The molecule has 1 heterocycles. The van der Waals surface area contributed by atoms with Gasteiger partial charge in [0.15, 0.2) is 0 Å². The maximum absolute atomic E-state index is 10.5. The number of aliphatic carboxylic acids is 1. The average molecular weight is 213 g/mol. The van der Waals surface area contributed by atoms with Crippen molar-refractivity contribution in [2.75, 3.05) is 0 Å². The van der Waals surface area contributed by atoms with Gasteiger partial charge in [0.25, 0.3) is 0 Å². The number of carboxylic acids is 1. The summed E-state index contributed by atoms with van der Waals surface area (Å²) in [4.78, 5) is 10.5. The van der Waals surface area contributed by atoms with Gasteiger partial charge in [0.1, 0.15) is 6.54 Å². The third-order valence-electron chi connectivity index (χ3n) is 1.89. The van der Waals surface area contributed by atoms with Gasteiger partial charge in [-0.25, -0.2) is 0 Å². The summed E-state index contributed by atoms with van der Waals surface area (Å²) < 4.78 is 1.66. The van der Waals surface area contributed by atoms with E-state index < -0.39 is 5.97 Å². The molecule has 1 N–H and O–H groups in total. The summed E-state index contributed by atoms with van der Waals surface area (Å²) in [6.07, 6.45) is 1.67. The van der Waals surface area contributed by atoms with E-state index >= 15 is 0 Å². The first-order valence-corrected chi connectivity index (χ1v) is 3.95. The van der Waals surface area contributed by atoms with Gasteiger partial charge in [0.2, 0.25) is 0 Å². The number of benzene rings is 1. The van der Waals surface area contributed by atoms with Gasteiger partial charge in [-0.2, -0.15) is 17.5 Å². The molecule has 0 aliphatic heterocycles. The summed E-state index contributed by atoms with van der Waals surface area (Å²) >= 11 is 0. The minimum Gasteiger partial charge on any atom is -0.480 e. The monoisotopic (exact) mass is 213 g/mol. The van der Waals surface area contributed by atoms with Crippen LogP contribution in [0.2, 0.25) is 0 Å². The Bertz CT molecular complexity index is 450. The molecule has 0 radical (unpaired) electrons. The number of carbonyl (C=O) groups is 1. The molecule has 0 bridgehead atoms. The normalized spacial score (nSPS) is 9.71. The van der Waals surface area contributed by atoms with Gasteiger partial charge in [0.05, 0.1) is 0 Å². The standard InChI is InChI=1S/C10H8NO2.K/c12-10(13)7-11-6-5-8-3-1-2-4-9(8)11;/h1-4,6H,7H2,(H,12,13);/q-1;+1. The summed E-state index contributed by atoms with van der Waals surface area (Å²) in [5.74, 6) is -0.838. The molecule has 14 heavy (non-hydrogen) atoms. The number of nitrogens with zero attached hydrogens (tertiary/aromatic N) is 1. The number of hydrogen-bond acceptors (Lipinski definition) is 1. The molecule has 4 heteroatoms. The van der Waals surface area contributed by atoms with Crippen LogP contribution in [0.4, 0.5) is 0 Å². The van der Waals surface area contributed by atoms with Crippen molar-refractivity contribution < 1.29 is 61.3 Å². The van der Waals surface area contributed by atoms with E-state index in [1.807, 2.05) is 24.3 Å². The zero-order valence-corrected chi connectivity index (χ0v) is 11.0. The van der Waals surface area contributed by atoms with Gasteiger partial charge >= 0.3 is 57.4 Å². The van der Waals surface area contributed by atoms with E-state index in [2.05, 4.69) is 6.07 Å². The van der Waals surface area contributed by atoms with E-state index in [1.165, 1.54) is 0 Å². The summed E-state index contributed by atoms with van der Waals surface area (Å²) in [7, 11) is 0. The van der Waals surface area contributed by atoms with E-state index in [0.29, 0.717) is 0 Å². The minimum absolute atomic E-state index is 0. The number of para-hydroxylation sites is 1. The summed E-state index contributed by atoms with van der Waals surface area (Å²) in [5, 5.41) is 9.56. The molecule has 0 unspecified atom stereocenters. The predicted octanol–water partition coefficient (Wildman–Crippen LogP) is -1.47. The maximum Gasteiger partial charge on any atom is 1.00 e. The third kappa shape index (κ3) is 2.46. The molecule has 0 saturated heterocycles. The minimum atomic E-state index is -0.838. The van der Waals surface area contributed by atoms with Crippen LogP contribution in [0.25, 0.3) is 10.9 Å². The maximum atomic E-state index is 10.5. The predicted molar refractivity (Wildman–Crippen MR) is 48.4 cm³/mol. The zero-order valence-electron chi connectivity index (χ0n) is 7.90. The Morgan fingerprint density at radius 3 is 2.86 bits per heavy atom. The second-order valence-electron chi connectivity index (χ2n) is 2.81. The second kappa shape index (κ2) is 5.09. The first kappa shape index (κ1) is 11.9. The van der Waals surface area contributed by atoms with Gasteiger partial charge in [-0.05, 0) is 0 Å². The van der Waals surface area contributed by atoms with Crippen LogP contribution in [0.5, 0.6) is 0 Å². The van der Waals surface area contributed by atoms with Crippen molar-refractivity contribution in [3.8, 4) is 0 Å². The average Bonchev–Trinajstić information content (AvgIpc) is 2.48. The third-order valence-corrected chi connectivity index (χ3v) is 1.89. The van der Waals surface area contributed by atoms with Gasteiger partial charge in [-0.15, -0.1) is 6.07 Å². The van der Waals surface area contributed by atoms with Crippen LogP contribution in [-0.4, -0.2) is 15.6 Å². The fourth-order valence-electron chi connectivity index (χ4n) is 1.34. The van der Waals surface area contributed by atoms with Gasteiger partial charge in [-0.1, -0.05) is 23.8 Å².